The van der Waals surface area contributed by atoms with Crippen molar-refractivity contribution in [1.29, 1.82) is 0 Å². The van der Waals surface area contributed by atoms with Crippen LogP contribution in [0, 0.1) is 0 Å². The van der Waals surface area contributed by atoms with Crippen LogP contribution in [0.3, 0.4) is 0 Å². The van der Waals surface area contributed by atoms with Gasteiger partial charge >= 0.3 is 26.2 Å². The molecule has 0 aliphatic rings. The van der Waals surface area contributed by atoms with Crippen LogP contribution in [0.1, 0.15) is 0 Å². The van der Waals surface area contributed by atoms with Gasteiger partial charge in [-0.1, -0.05) is 41.9 Å². The molecule has 0 heterocycles. The molecular formula is H12O4Si4Zr. The van der Waals surface area contributed by atoms with E-state index in [9.17, 15) is 0 Å². The molecule has 9 heavy (non-hydrogen) atoms. The van der Waals surface area contributed by atoms with Crippen LogP contribution in [0.2, 0.25) is 0 Å². The zero-order valence-corrected chi connectivity index (χ0v) is 16.6. The Bertz CT molecular complexity index is 12.5. The first-order chi connectivity index (χ1) is 4.00. The standard InChI is InChI=1S/4H3OSi.Zr/c4*1-2;/h4*2H3;/q4*-1;+4. The van der Waals surface area contributed by atoms with Gasteiger partial charge in [0, 0.05) is 0 Å². The summed E-state index contributed by atoms with van der Waals surface area (Å²) in [5.74, 6) is 0. The summed E-state index contributed by atoms with van der Waals surface area (Å²) < 4.78 is 0. The van der Waals surface area contributed by atoms with Gasteiger partial charge in [-0.2, -0.15) is 0 Å². The molecule has 0 aliphatic heterocycles. The van der Waals surface area contributed by atoms with E-state index in [1.807, 2.05) is 0 Å². The molecule has 0 radical (unpaired) electrons. The van der Waals surface area contributed by atoms with Crippen LogP contribution in [0.15, 0.2) is 0 Å². The molecule has 0 bridgehead atoms. The van der Waals surface area contributed by atoms with Crippen LogP contribution in [0.5, 0.6) is 0 Å². The molecule has 0 amide bonds. The first-order valence-electron chi connectivity index (χ1n) is 1.63. The average Bonchev–Trinajstić information content (AvgIpc) is 2.03. The normalized spacial score (nSPS) is 4.00. The minimum absolute atomic E-state index is 0. The molecule has 4 nitrogen and oxygen atoms in total. The predicted octanol–water partition coefficient (Wildman–Crippen LogP) is -9.49. The molecule has 56 valence electrons. The molecule has 0 aromatic carbocycles. The Labute approximate surface area is 87.0 Å². The smallest absolute Gasteiger partial charge is 0.865 e. The topological polar surface area (TPSA) is 92.2 Å². The second kappa shape index (κ2) is 280. The fourth-order valence-electron chi connectivity index (χ4n) is 0. The maximum Gasteiger partial charge on any atom is 4.00 e. The van der Waals surface area contributed by atoms with Crippen molar-refractivity contribution >= 4 is 41.9 Å². The third kappa shape index (κ3) is 218. The third-order valence-electron chi connectivity index (χ3n) is 0. The van der Waals surface area contributed by atoms with Crippen molar-refractivity contribution in [2.75, 3.05) is 0 Å². The van der Waals surface area contributed by atoms with E-state index < -0.39 is 0 Å². The summed E-state index contributed by atoms with van der Waals surface area (Å²) in [6, 6.07) is 0. The van der Waals surface area contributed by atoms with Gasteiger partial charge in [0.15, 0.2) is 0 Å². The van der Waals surface area contributed by atoms with E-state index in [0.717, 1.165) is 0 Å². The maximum absolute atomic E-state index is 8.39. The van der Waals surface area contributed by atoms with E-state index in [1.165, 1.54) is 0 Å². The summed E-state index contributed by atoms with van der Waals surface area (Å²) in [6.07, 6.45) is 0. The summed E-state index contributed by atoms with van der Waals surface area (Å²) in [7, 11) is 0.222. The van der Waals surface area contributed by atoms with Crippen molar-refractivity contribution in [3.8, 4) is 0 Å². The summed E-state index contributed by atoms with van der Waals surface area (Å²) in [5.41, 5.74) is 0. The fourth-order valence-corrected chi connectivity index (χ4v) is 0. The van der Waals surface area contributed by atoms with Gasteiger partial charge in [-0.15, -0.1) is 0 Å². The van der Waals surface area contributed by atoms with Gasteiger partial charge in [-0.3, -0.25) is 0 Å². The van der Waals surface area contributed by atoms with Crippen LogP contribution >= 0.6 is 0 Å². The van der Waals surface area contributed by atoms with Crippen LogP contribution in [-0.4, -0.2) is 41.9 Å². The molecule has 0 saturated heterocycles. The predicted molar refractivity (Wildman–Crippen MR) is 39.8 cm³/mol. The Hall–Kier alpha value is 1.59. The third-order valence-corrected chi connectivity index (χ3v) is 0. The summed E-state index contributed by atoms with van der Waals surface area (Å²) in [4.78, 5) is 33.6. The molecule has 0 atom stereocenters. The van der Waals surface area contributed by atoms with Crippen molar-refractivity contribution in [2.24, 2.45) is 0 Å². The first-order valence-corrected chi connectivity index (χ1v) is 4.90. The minimum Gasteiger partial charge on any atom is -0.865 e. The fraction of sp³-hybridized carbons (Fsp3) is 0. The average molecular weight is 280 g/mol. The van der Waals surface area contributed by atoms with E-state index in [1.54, 1.807) is 0 Å². The molecule has 0 saturated carbocycles. The molecule has 0 rings (SSSR count). The zero-order valence-electron chi connectivity index (χ0n) is 6.13. The molecule has 9 heteroatoms. The molecule has 0 spiro atoms. The zero-order chi connectivity index (χ0) is 8.00. The van der Waals surface area contributed by atoms with E-state index in [2.05, 4.69) is 0 Å². The van der Waals surface area contributed by atoms with Gasteiger partial charge in [0.2, 0.25) is 0 Å². The van der Waals surface area contributed by atoms with Gasteiger partial charge in [-0.25, -0.2) is 0 Å². The van der Waals surface area contributed by atoms with E-state index in [4.69, 9.17) is 19.2 Å². The monoisotopic (exact) mass is 278 g/mol. The van der Waals surface area contributed by atoms with Gasteiger partial charge in [0.05, 0.1) is 0 Å². The number of rotatable bonds is 0. The quantitative estimate of drug-likeness (QED) is 0.412. The Kier molecular flexibility index (Phi) is 969. The second-order valence-corrected chi connectivity index (χ2v) is 0. The van der Waals surface area contributed by atoms with Crippen molar-refractivity contribution in [1.82, 2.24) is 0 Å². The Balaban J connectivity index is -0.00000000762. The molecule has 0 aromatic heterocycles. The second-order valence-electron chi connectivity index (χ2n) is 0. The van der Waals surface area contributed by atoms with Crippen molar-refractivity contribution < 1.29 is 45.4 Å². The first kappa shape index (κ1) is 31.2. The summed E-state index contributed by atoms with van der Waals surface area (Å²) >= 11 is 0. The van der Waals surface area contributed by atoms with Gasteiger partial charge in [-0.05, 0) is 0 Å². The molecule has 0 N–H and O–H groups in total. The number of hydrogen-bond acceptors (Lipinski definition) is 4. The summed E-state index contributed by atoms with van der Waals surface area (Å²) in [6.45, 7) is 0. The van der Waals surface area contributed by atoms with Gasteiger partial charge < -0.3 is 19.2 Å². The van der Waals surface area contributed by atoms with Gasteiger partial charge in [0.25, 0.3) is 0 Å². The van der Waals surface area contributed by atoms with Crippen LogP contribution in [0.25, 0.3) is 0 Å². The van der Waals surface area contributed by atoms with Crippen molar-refractivity contribution in [3.63, 3.8) is 0 Å². The van der Waals surface area contributed by atoms with Crippen LogP contribution in [0.4, 0.5) is 0 Å². The number of hydrogen-bond donors (Lipinski definition) is 0. The Morgan fingerprint density at radius 3 is 0.444 bits per heavy atom. The molecular weight excluding hydrogens is 268 g/mol. The largest absolute Gasteiger partial charge is 4.00 e. The molecule has 0 aliphatic carbocycles. The molecule has 0 aromatic rings. The summed E-state index contributed by atoms with van der Waals surface area (Å²) in [5, 5.41) is 0. The molecule has 0 fully saturated rings. The molecule has 0 unspecified atom stereocenters. The van der Waals surface area contributed by atoms with Crippen molar-refractivity contribution in [3.05, 3.63) is 0 Å². The van der Waals surface area contributed by atoms with Crippen molar-refractivity contribution in [2.45, 2.75) is 0 Å². The Morgan fingerprint density at radius 1 is 0.444 bits per heavy atom. The maximum atomic E-state index is 8.39. The van der Waals surface area contributed by atoms with Crippen LogP contribution in [-0.2, 0) is 26.2 Å². The van der Waals surface area contributed by atoms with Crippen LogP contribution < -0.4 is 19.2 Å². The van der Waals surface area contributed by atoms with E-state index >= 15 is 0 Å². The van der Waals surface area contributed by atoms with E-state index in [0.29, 0.717) is 0 Å². The SMILES string of the molecule is [O-][SiH3].[O-][SiH3].[O-][SiH3].[O-][SiH3].[Zr+4]. The minimum atomic E-state index is 0. The Morgan fingerprint density at radius 2 is 0.444 bits per heavy atom. The van der Waals surface area contributed by atoms with Gasteiger partial charge in [0.1, 0.15) is 0 Å². The van der Waals surface area contributed by atoms with E-state index in [-0.39, 0.29) is 68.1 Å².